The SMILES string of the molecule is Cc1ccc(OCCCCCCn2ccnc2)c(Br)c1. The maximum absolute atomic E-state index is 5.78. The summed E-state index contributed by atoms with van der Waals surface area (Å²) in [6, 6.07) is 6.18. The van der Waals surface area contributed by atoms with Gasteiger partial charge >= 0.3 is 0 Å². The molecule has 108 valence electrons. The van der Waals surface area contributed by atoms with E-state index in [1.165, 1.54) is 24.8 Å². The predicted molar refractivity (Wildman–Crippen MR) is 85.1 cm³/mol. The maximum atomic E-state index is 5.78. The number of rotatable bonds is 8. The molecule has 0 aliphatic carbocycles. The van der Waals surface area contributed by atoms with Gasteiger partial charge in [0.05, 0.1) is 17.4 Å². The molecule has 0 atom stereocenters. The van der Waals surface area contributed by atoms with Gasteiger partial charge in [0.1, 0.15) is 5.75 Å². The average molecular weight is 337 g/mol. The summed E-state index contributed by atoms with van der Waals surface area (Å²) in [6.07, 6.45) is 10.5. The van der Waals surface area contributed by atoms with Gasteiger partial charge in [-0.05, 0) is 53.4 Å². The van der Waals surface area contributed by atoms with Gasteiger partial charge in [-0.15, -0.1) is 0 Å². The third-order valence-electron chi connectivity index (χ3n) is 3.21. The number of unbranched alkanes of at least 4 members (excludes halogenated alkanes) is 3. The van der Waals surface area contributed by atoms with E-state index in [1.54, 1.807) is 0 Å². The smallest absolute Gasteiger partial charge is 0.133 e. The first-order chi connectivity index (χ1) is 9.75. The Labute approximate surface area is 129 Å². The molecule has 3 nitrogen and oxygen atoms in total. The quantitative estimate of drug-likeness (QED) is 0.659. The van der Waals surface area contributed by atoms with Crippen molar-refractivity contribution >= 4 is 15.9 Å². The molecule has 0 bridgehead atoms. The lowest BCUT2D eigenvalue weighted by molar-refractivity contribution is 0.302. The molecular weight excluding hydrogens is 316 g/mol. The number of ether oxygens (including phenoxy) is 1. The summed E-state index contributed by atoms with van der Waals surface area (Å²) in [7, 11) is 0. The minimum atomic E-state index is 0.784. The zero-order valence-electron chi connectivity index (χ0n) is 11.9. The Morgan fingerprint density at radius 1 is 1.20 bits per heavy atom. The fourth-order valence-electron chi connectivity index (χ4n) is 2.07. The number of nitrogens with zero attached hydrogens (tertiary/aromatic N) is 2. The van der Waals surface area contributed by atoms with Gasteiger partial charge in [-0.1, -0.05) is 18.9 Å². The largest absolute Gasteiger partial charge is 0.492 e. The molecule has 0 aliphatic rings. The van der Waals surface area contributed by atoms with Crippen LogP contribution >= 0.6 is 15.9 Å². The van der Waals surface area contributed by atoms with E-state index in [4.69, 9.17) is 4.74 Å². The molecule has 20 heavy (non-hydrogen) atoms. The molecule has 0 unspecified atom stereocenters. The summed E-state index contributed by atoms with van der Waals surface area (Å²) in [4.78, 5) is 4.04. The highest BCUT2D eigenvalue weighted by molar-refractivity contribution is 9.10. The number of aryl methyl sites for hydroxylation is 2. The molecule has 0 aliphatic heterocycles. The molecule has 0 spiro atoms. The standard InChI is InChI=1S/C16H21BrN2O/c1-14-6-7-16(15(17)12-14)20-11-5-3-2-4-9-19-10-8-18-13-19/h6-8,10,12-13H,2-5,9,11H2,1H3. The van der Waals surface area contributed by atoms with Crippen LogP contribution in [0.5, 0.6) is 5.75 Å². The van der Waals surface area contributed by atoms with Crippen molar-refractivity contribution in [3.8, 4) is 5.75 Å². The fourth-order valence-corrected chi connectivity index (χ4v) is 2.68. The fraction of sp³-hybridized carbons (Fsp3) is 0.438. The second-order valence-electron chi connectivity index (χ2n) is 5.00. The van der Waals surface area contributed by atoms with Gasteiger partial charge in [-0.3, -0.25) is 0 Å². The normalized spacial score (nSPS) is 10.7. The average Bonchev–Trinajstić information content (AvgIpc) is 2.93. The minimum absolute atomic E-state index is 0.784. The first kappa shape index (κ1) is 15.1. The van der Waals surface area contributed by atoms with Crippen LogP contribution in [0.2, 0.25) is 0 Å². The zero-order chi connectivity index (χ0) is 14.2. The summed E-state index contributed by atoms with van der Waals surface area (Å²) >= 11 is 3.53. The summed E-state index contributed by atoms with van der Waals surface area (Å²) in [5.41, 5.74) is 1.24. The Balaban J connectivity index is 1.55. The summed E-state index contributed by atoms with van der Waals surface area (Å²) in [5.74, 6) is 0.939. The van der Waals surface area contributed by atoms with Crippen molar-refractivity contribution in [3.05, 3.63) is 47.0 Å². The van der Waals surface area contributed by atoms with Gasteiger partial charge in [0, 0.05) is 18.9 Å². The Morgan fingerprint density at radius 3 is 2.80 bits per heavy atom. The van der Waals surface area contributed by atoms with E-state index in [-0.39, 0.29) is 0 Å². The molecule has 1 heterocycles. The van der Waals surface area contributed by atoms with Crippen LogP contribution in [0.4, 0.5) is 0 Å². The Hall–Kier alpha value is -1.29. The number of aromatic nitrogens is 2. The lowest BCUT2D eigenvalue weighted by Crippen LogP contribution is -1.99. The summed E-state index contributed by atoms with van der Waals surface area (Å²) < 4.78 is 8.95. The van der Waals surface area contributed by atoms with Gasteiger partial charge in [0.25, 0.3) is 0 Å². The first-order valence-electron chi connectivity index (χ1n) is 7.10. The first-order valence-corrected chi connectivity index (χ1v) is 7.90. The lowest BCUT2D eigenvalue weighted by atomic mass is 10.2. The van der Waals surface area contributed by atoms with Crippen molar-refractivity contribution in [2.24, 2.45) is 0 Å². The Bertz CT molecular complexity index is 511. The van der Waals surface area contributed by atoms with Crippen molar-refractivity contribution in [1.82, 2.24) is 9.55 Å². The summed E-state index contributed by atoms with van der Waals surface area (Å²) in [5, 5.41) is 0. The molecule has 4 heteroatoms. The highest BCUT2D eigenvalue weighted by Crippen LogP contribution is 2.25. The van der Waals surface area contributed by atoms with Crippen molar-refractivity contribution < 1.29 is 4.74 Å². The van der Waals surface area contributed by atoms with Crippen LogP contribution < -0.4 is 4.74 Å². The second kappa shape index (κ2) is 8.10. The van der Waals surface area contributed by atoms with Crippen molar-refractivity contribution in [1.29, 1.82) is 0 Å². The molecule has 1 aromatic heterocycles. The number of benzene rings is 1. The number of halogens is 1. The molecule has 0 radical (unpaired) electrons. The van der Waals surface area contributed by atoms with Crippen LogP contribution in [0.25, 0.3) is 0 Å². The van der Waals surface area contributed by atoms with Gasteiger partial charge < -0.3 is 9.30 Å². The third-order valence-corrected chi connectivity index (χ3v) is 3.83. The van der Waals surface area contributed by atoms with Crippen LogP contribution in [0.15, 0.2) is 41.4 Å². The Kier molecular flexibility index (Phi) is 6.12. The molecule has 0 amide bonds. The minimum Gasteiger partial charge on any atom is -0.492 e. The molecule has 0 N–H and O–H groups in total. The van der Waals surface area contributed by atoms with Gasteiger partial charge in [-0.25, -0.2) is 4.98 Å². The molecule has 1 aromatic carbocycles. The van der Waals surface area contributed by atoms with E-state index in [2.05, 4.69) is 44.5 Å². The molecule has 2 aromatic rings. The maximum Gasteiger partial charge on any atom is 0.133 e. The lowest BCUT2D eigenvalue weighted by Gasteiger charge is -2.08. The van der Waals surface area contributed by atoms with E-state index < -0.39 is 0 Å². The van der Waals surface area contributed by atoms with Crippen molar-refractivity contribution in [2.75, 3.05) is 6.61 Å². The van der Waals surface area contributed by atoms with E-state index in [0.717, 1.165) is 29.8 Å². The Morgan fingerprint density at radius 2 is 2.05 bits per heavy atom. The zero-order valence-corrected chi connectivity index (χ0v) is 13.5. The van der Waals surface area contributed by atoms with E-state index in [0.29, 0.717) is 0 Å². The van der Waals surface area contributed by atoms with E-state index in [9.17, 15) is 0 Å². The molecular formula is C16H21BrN2O. The van der Waals surface area contributed by atoms with E-state index >= 15 is 0 Å². The van der Waals surface area contributed by atoms with Crippen LogP contribution in [0.3, 0.4) is 0 Å². The van der Waals surface area contributed by atoms with Crippen molar-refractivity contribution in [3.63, 3.8) is 0 Å². The second-order valence-corrected chi connectivity index (χ2v) is 5.85. The van der Waals surface area contributed by atoms with Crippen LogP contribution in [0, 0.1) is 6.92 Å². The van der Waals surface area contributed by atoms with Gasteiger partial charge in [0.2, 0.25) is 0 Å². The van der Waals surface area contributed by atoms with Crippen molar-refractivity contribution in [2.45, 2.75) is 39.2 Å². The van der Waals surface area contributed by atoms with Gasteiger partial charge in [-0.2, -0.15) is 0 Å². The topological polar surface area (TPSA) is 27.1 Å². The molecule has 0 saturated heterocycles. The summed E-state index contributed by atoms with van der Waals surface area (Å²) in [6.45, 7) is 3.92. The number of hydrogen-bond acceptors (Lipinski definition) is 2. The highest BCUT2D eigenvalue weighted by atomic mass is 79.9. The predicted octanol–water partition coefficient (Wildman–Crippen LogP) is 4.59. The third kappa shape index (κ3) is 5.00. The number of hydrogen-bond donors (Lipinski definition) is 0. The van der Waals surface area contributed by atoms with Gasteiger partial charge in [0.15, 0.2) is 0 Å². The monoisotopic (exact) mass is 336 g/mol. The van der Waals surface area contributed by atoms with E-state index in [1.807, 2.05) is 24.8 Å². The van der Waals surface area contributed by atoms with Crippen LogP contribution in [0.1, 0.15) is 31.2 Å². The molecule has 2 rings (SSSR count). The number of imidazole rings is 1. The van der Waals surface area contributed by atoms with Crippen LogP contribution in [-0.4, -0.2) is 16.2 Å². The molecule has 0 fully saturated rings. The highest BCUT2D eigenvalue weighted by Gasteiger charge is 2.00. The molecule has 0 saturated carbocycles. The van der Waals surface area contributed by atoms with Crippen LogP contribution in [-0.2, 0) is 6.54 Å².